The zero-order chi connectivity index (χ0) is 16.9. The lowest BCUT2D eigenvalue weighted by Gasteiger charge is -2.32. The molecule has 0 aliphatic carbocycles. The minimum Gasteiger partial charge on any atom is -0.383 e. The first kappa shape index (κ1) is 17.3. The molecule has 2 aliphatic rings. The smallest absolute Gasteiger partial charge is 0.240 e. The van der Waals surface area contributed by atoms with Crippen molar-refractivity contribution in [2.24, 2.45) is 0 Å². The van der Waals surface area contributed by atoms with E-state index in [1.165, 1.54) is 0 Å². The maximum atomic E-state index is 14.0. The second kappa shape index (κ2) is 8.04. The van der Waals surface area contributed by atoms with Gasteiger partial charge in [0, 0.05) is 51.5 Å². The van der Waals surface area contributed by atoms with Crippen molar-refractivity contribution in [2.75, 3.05) is 46.6 Å². The van der Waals surface area contributed by atoms with Crippen molar-refractivity contribution in [3.8, 4) is 0 Å². The Morgan fingerprint density at radius 2 is 2.25 bits per heavy atom. The first-order valence-corrected chi connectivity index (χ1v) is 8.42. The highest BCUT2D eigenvalue weighted by atomic mass is 19.1. The average Bonchev–Trinajstić information content (AvgIpc) is 3.19. The van der Waals surface area contributed by atoms with E-state index in [0.29, 0.717) is 52.5 Å². The Labute approximate surface area is 141 Å². The van der Waals surface area contributed by atoms with Crippen molar-refractivity contribution < 1.29 is 18.7 Å². The highest BCUT2D eigenvalue weighted by molar-refractivity contribution is 5.82. The van der Waals surface area contributed by atoms with Crippen LogP contribution in [0.1, 0.15) is 12.0 Å². The van der Waals surface area contributed by atoms with E-state index >= 15 is 0 Å². The van der Waals surface area contributed by atoms with Crippen LogP contribution in [0.4, 0.5) is 4.39 Å². The van der Waals surface area contributed by atoms with E-state index < -0.39 is 6.17 Å². The first-order valence-electron chi connectivity index (χ1n) is 8.42. The molecule has 3 rings (SSSR count). The molecule has 3 heterocycles. The number of amides is 1. The summed E-state index contributed by atoms with van der Waals surface area (Å²) in [6, 6.07) is -0.388. The summed E-state index contributed by atoms with van der Waals surface area (Å²) >= 11 is 0. The molecular weight excluding hydrogens is 315 g/mol. The molecule has 1 aromatic heterocycles. The molecule has 1 aromatic rings. The number of methoxy groups -OCH3 is 1. The summed E-state index contributed by atoms with van der Waals surface area (Å²) in [7, 11) is 1.65. The van der Waals surface area contributed by atoms with Crippen molar-refractivity contribution in [3.63, 3.8) is 0 Å². The summed E-state index contributed by atoms with van der Waals surface area (Å²) in [5.41, 5.74) is 0.986. The third-order valence-electron chi connectivity index (χ3n) is 4.56. The van der Waals surface area contributed by atoms with Crippen molar-refractivity contribution >= 4 is 5.91 Å². The number of rotatable bonds is 6. The van der Waals surface area contributed by atoms with Gasteiger partial charge in [0.1, 0.15) is 6.17 Å². The molecule has 2 aliphatic heterocycles. The third kappa shape index (κ3) is 4.12. The molecule has 7 nitrogen and oxygen atoms in total. The highest BCUT2D eigenvalue weighted by Gasteiger charge is 2.39. The van der Waals surface area contributed by atoms with E-state index in [9.17, 15) is 9.18 Å². The zero-order valence-electron chi connectivity index (χ0n) is 14.1. The lowest BCUT2D eigenvalue weighted by atomic mass is 10.1. The number of hydrogen-bond donors (Lipinski definition) is 0. The van der Waals surface area contributed by atoms with Gasteiger partial charge in [-0.05, 0) is 0 Å². The number of carbonyl (C=O) groups excluding carboxylic acids is 1. The molecule has 0 bridgehead atoms. The highest BCUT2D eigenvalue weighted by Crippen LogP contribution is 2.24. The van der Waals surface area contributed by atoms with E-state index in [-0.39, 0.29) is 18.4 Å². The van der Waals surface area contributed by atoms with Gasteiger partial charge in [-0.1, -0.05) is 0 Å². The molecule has 0 unspecified atom stereocenters. The number of likely N-dealkylation sites (tertiary alicyclic amines) is 1. The van der Waals surface area contributed by atoms with Crippen LogP contribution in [0.5, 0.6) is 0 Å². The predicted molar refractivity (Wildman–Crippen MR) is 85.2 cm³/mol. The topological polar surface area (TPSA) is 59.8 Å². The molecule has 0 N–H and O–H groups in total. The van der Waals surface area contributed by atoms with Crippen LogP contribution in [-0.4, -0.2) is 84.3 Å². The number of halogens is 1. The molecule has 8 heteroatoms. The zero-order valence-corrected chi connectivity index (χ0v) is 14.1. The van der Waals surface area contributed by atoms with E-state index in [1.54, 1.807) is 22.9 Å². The molecule has 0 aromatic carbocycles. The van der Waals surface area contributed by atoms with Crippen molar-refractivity contribution in [2.45, 2.75) is 31.7 Å². The van der Waals surface area contributed by atoms with E-state index in [4.69, 9.17) is 9.47 Å². The van der Waals surface area contributed by atoms with Gasteiger partial charge < -0.3 is 14.4 Å². The fourth-order valence-corrected chi connectivity index (χ4v) is 3.30. The maximum Gasteiger partial charge on any atom is 0.240 e. The molecule has 2 fully saturated rings. The maximum absolute atomic E-state index is 14.0. The van der Waals surface area contributed by atoms with E-state index in [0.717, 1.165) is 5.56 Å². The molecule has 134 valence electrons. The third-order valence-corrected chi connectivity index (χ3v) is 4.56. The predicted octanol–water partition coefficient (Wildman–Crippen LogP) is 0.301. The molecular formula is C16H25FN4O3. The SMILES string of the molecule is COCCn1cc(CN2C[C@H](F)C[C@H]2C(=O)N2CCOCC2)cn1. The van der Waals surface area contributed by atoms with Crippen LogP contribution in [0, 0.1) is 0 Å². The molecule has 1 amide bonds. The van der Waals surface area contributed by atoms with Gasteiger partial charge >= 0.3 is 0 Å². The molecule has 2 atom stereocenters. The monoisotopic (exact) mass is 340 g/mol. The lowest BCUT2D eigenvalue weighted by molar-refractivity contribution is -0.140. The van der Waals surface area contributed by atoms with Crippen LogP contribution >= 0.6 is 0 Å². The quantitative estimate of drug-likeness (QED) is 0.746. The number of ether oxygens (including phenoxy) is 2. The summed E-state index contributed by atoms with van der Waals surface area (Å²) in [6.07, 6.45) is 3.02. The van der Waals surface area contributed by atoms with Gasteiger partial charge in [0.2, 0.25) is 5.91 Å². The van der Waals surface area contributed by atoms with Crippen LogP contribution in [-0.2, 0) is 27.4 Å². The van der Waals surface area contributed by atoms with Gasteiger partial charge in [0.25, 0.3) is 0 Å². The Balaban J connectivity index is 1.62. The van der Waals surface area contributed by atoms with Gasteiger partial charge in [-0.2, -0.15) is 5.10 Å². The molecule has 24 heavy (non-hydrogen) atoms. The van der Waals surface area contributed by atoms with Crippen molar-refractivity contribution in [1.29, 1.82) is 0 Å². The summed E-state index contributed by atoms with van der Waals surface area (Å²) < 4.78 is 26.1. The Bertz CT molecular complexity index is 547. The minimum absolute atomic E-state index is 0.0187. The number of aromatic nitrogens is 2. The van der Waals surface area contributed by atoms with Crippen molar-refractivity contribution in [1.82, 2.24) is 19.6 Å². The number of morpholine rings is 1. The van der Waals surface area contributed by atoms with Crippen LogP contribution in [0.15, 0.2) is 12.4 Å². The van der Waals surface area contributed by atoms with E-state index in [2.05, 4.69) is 5.10 Å². The standard InChI is InChI=1S/C16H25FN4O3/c1-23-5-4-21-11-13(9-18-21)10-20-12-14(17)8-15(20)16(22)19-2-6-24-7-3-19/h9,11,14-15H,2-8,10,12H2,1H3/t14-,15+/m1/s1. The van der Waals surface area contributed by atoms with Gasteiger partial charge in [0.05, 0.1) is 38.6 Å². The van der Waals surface area contributed by atoms with Crippen molar-refractivity contribution in [3.05, 3.63) is 18.0 Å². The second-order valence-electron chi connectivity index (χ2n) is 6.32. The summed E-state index contributed by atoms with van der Waals surface area (Å²) in [4.78, 5) is 16.4. The Morgan fingerprint density at radius 1 is 1.46 bits per heavy atom. The average molecular weight is 340 g/mol. The number of alkyl halides is 1. The minimum atomic E-state index is -0.955. The van der Waals surface area contributed by atoms with Crippen LogP contribution in [0.2, 0.25) is 0 Å². The van der Waals surface area contributed by atoms with Gasteiger partial charge in [-0.15, -0.1) is 0 Å². The van der Waals surface area contributed by atoms with Gasteiger partial charge in [-0.25, -0.2) is 4.39 Å². The molecule has 0 saturated carbocycles. The Morgan fingerprint density at radius 3 is 3.00 bits per heavy atom. The van der Waals surface area contributed by atoms with Gasteiger partial charge in [0.15, 0.2) is 0 Å². The summed E-state index contributed by atoms with van der Waals surface area (Å²) in [5, 5.41) is 4.28. The first-order chi connectivity index (χ1) is 11.7. The molecule has 0 radical (unpaired) electrons. The van der Waals surface area contributed by atoms with Gasteiger partial charge in [-0.3, -0.25) is 14.4 Å². The van der Waals surface area contributed by atoms with Crippen LogP contribution in [0.25, 0.3) is 0 Å². The Kier molecular flexibility index (Phi) is 5.80. The summed E-state index contributed by atoms with van der Waals surface area (Å²) in [5.74, 6) is 0.0187. The fraction of sp³-hybridized carbons (Fsp3) is 0.750. The number of carbonyl (C=O) groups is 1. The fourth-order valence-electron chi connectivity index (χ4n) is 3.30. The number of nitrogens with zero attached hydrogens (tertiary/aromatic N) is 4. The lowest BCUT2D eigenvalue weighted by Crippen LogP contribution is -2.49. The van der Waals surface area contributed by atoms with E-state index in [1.807, 2.05) is 11.1 Å². The van der Waals surface area contributed by atoms with Crippen LogP contribution in [0.3, 0.4) is 0 Å². The molecule has 2 saturated heterocycles. The Hall–Kier alpha value is -1.51. The number of hydrogen-bond acceptors (Lipinski definition) is 5. The van der Waals surface area contributed by atoms with Crippen LogP contribution < -0.4 is 0 Å². The second-order valence-corrected chi connectivity index (χ2v) is 6.32. The normalized spacial score (nSPS) is 25.3. The summed E-state index contributed by atoms with van der Waals surface area (Å²) in [6.45, 7) is 4.41. The molecule has 0 spiro atoms. The largest absolute Gasteiger partial charge is 0.383 e.